The largest absolute Gasteiger partial charge is 0.365 e. The second-order valence-electron chi connectivity index (χ2n) is 4.66. The van der Waals surface area contributed by atoms with Crippen molar-refractivity contribution in [2.75, 3.05) is 11.4 Å². The fourth-order valence-corrected chi connectivity index (χ4v) is 2.60. The first-order valence-electron chi connectivity index (χ1n) is 5.85. The summed E-state index contributed by atoms with van der Waals surface area (Å²) in [7, 11) is 0. The zero-order valence-electron chi connectivity index (χ0n) is 10.2. The maximum absolute atomic E-state index is 13.8. The van der Waals surface area contributed by atoms with Crippen molar-refractivity contribution in [1.29, 1.82) is 0 Å². The number of rotatable bonds is 1. The third-order valence-electron chi connectivity index (χ3n) is 3.62. The van der Waals surface area contributed by atoms with E-state index in [1.165, 1.54) is 6.07 Å². The molecule has 2 nitrogen and oxygen atoms in total. The number of ketones is 1. The van der Waals surface area contributed by atoms with Crippen molar-refractivity contribution >= 4 is 27.4 Å². The highest BCUT2D eigenvalue weighted by atomic mass is 79.9. The molecule has 0 amide bonds. The number of piperidine rings is 1. The third-order valence-corrected chi connectivity index (χ3v) is 4.23. The second-order valence-corrected chi connectivity index (χ2v) is 5.51. The van der Waals surface area contributed by atoms with Crippen LogP contribution in [0.4, 0.5) is 14.5 Å². The quantitative estimate of drug-likeness (QED) is 0.738. The summed E-state index contributed by atoms with van der Waals surface area (Å²) in [6, 6.07) is 2.22. The SMILES string of the molecule is CC1C(=O)CCN(c2cc(Br)c(F)cc2F)C1C. The van der Waals surface area contributed by atoms with Gasteiger partial charge in [0.25, 0.3) is 0 Å². The minimum Gasteiger partial charge on any atom is -0.365 e. The lowest BCUT2D eigenvalue weighted by Gasteiger charge is -2.38. The van der Waals surface area contributed by atoms with Gasteiger partial charge in [0, 0.05) is 31.0 Å². The second kappa shape index (κ2) is 4.96. The number of anilines is 1. The minimum absolute atomic E-state index is 0.0851. The van der Waals surface area contributed by atoms with Crippen LogP contribution in [0, 0.1) is 17.6 Å². The molecule has 0 spiro atoms. The van der Waals surface area contributed by atoms with E-state index >= 15 is 0 Å². The molecule has 1 aliphatic rings. The molecule has 0 aromatic heterocycles. The Morgan fingerprint density at radius 2 is 1.94 bits per heavy atom. The smallest absolute Gasteiger partial charge is 0.149 e. The standard InChI is InChI=1S/C13H14BrF2NO/c1-7-8(2)17(4-3-13(7)18)12-5-9(14)10(15)6-11(12)16/h5-8H,3-4H2,1-2H3. The number of halogens is 3. The molecule has 0 bridgehead atoms. The Morgan fingerprint density at radius 1 is 1.28 bits per heavy atom. The van der Waals surface area contributed by atoms with Gasteiger partial charge < -0.3 is 4.90 Å². The van der Waals surface area contributed by atoms with E-state index in [0.29, 0.717) is 18.7 Å². The topological polar surface area (TPSA) is 20.3 Å². The fraction of sp³-hybridized carbons (Fsp3) is 0.462. The molecular formula is C13H14BrF2NO. The van der Waals surface area contributed by atoms with Crippen LogP contribution in [0.15, 0.2) is 16.6 Å². The maximum Gasteiger partial charge on any atom is 0.149 e. The van der Waals surface area contributed by atoms with Gasteiger partial charge in [0.1, 0.15) is 17.4 Å². The number of Topliss-reactive ketones (excluding diaryl/α,β-unsaturated/α-hetero) is 1. The van der Waals surface area contributed by atoms with E-state index in [1.54, 1.807) is 0 Å². The van der Waals surface area contributed by atoms with Crippen LogP contribution in [0.5, 0.6) is 0 Å². The Bertz CT molecular complexity index is 492. The molecule has 98 valence electrons. The van der Waals surface area contributed by atoms with Crippen molar-refractivity contribution in [3.05, 3.63) is 28.2 Å². The Hall–Kier alpha value is -0.970. The zero-order chi connectivity index (χ0) is 13.4. The molecule has 1 aliphatic heterocycles. The summed E-state index contributed by atoms with van der Waals surface area (Å²) in [6.45, 7) is 4.20. The van der Waals surface area contributed by atoms with Gasteiger partial charge in [-0.05, 0) is 28.9 Å². The summed E-state index contributed by atoms with van der Waals surface area (Å²) >= 11 is 3.06. The molecule has 2 rings (SSSR count). The summed E-state index contributed by atoms with van der Waals surface area (Å²) < 4.78 is 27.3. The fourth-order valence-electron chi connectivity index (χ4n) is 2.27. The summed E-state index contributed by atoms with van der Waals surface area (Å²) in [5.41, 5.74) is 0.343. The van der Waals surface area contributed by atoms with Crippen molar-refractivity contribution in [3.63, 3.8) is 0 Å². The summed E-state index contributed by atoms with van der Waals surface area (Å²) in [5.74, 6) is -1.16. The lowest BCUT2D eigenvalue weighted by molar-refractivity contribution is -0.123. The number of benzene rings is 1. The Kier molecular flexibility index (Phi) is 3.71. The predicted molar refractivity (Wildman–Crippen MR) is 69.7 cm³/mol. The molecule has 1 aromatic rings. The van der Waals surface area contributed by atoms with Crippen LogP contribution >= 0.6 is 15.9 Å². The third kappa shape index (κ3) is 2.28. The Balaban J connectivity index is 2.37. The van der Waals surface area contributed by atoms with Gasteiger partial charge in [-0.3, -0.25) is 4.79 Å². The van der Waals surface area contributed by atoms with Gasteiger partial charge in [-0.25, -0.2) is 8.78 Å². The van der Waals surface area contributed by atoms with Crippen molar-refractivity contribution in [2.45, 2.75) is 26.3 Å². The average molecular weight is 318 g/mol. The van der Waals surface area contributed by atoms with Crippen LogP contribution in [0.2, 0.25) is 0 Å². The van der Waals surface area contributed by atoms with E-state index in [9.17, 15) is 13.6 Å². The molecule has 5 heteroatoms. The molecular weight excluding hydrogens is 304 g/mol. The van der Waals surface area contributed by atoms with E-state index in [0.717, 1.165) is 6.07 Å². The zero-order valence-corrected chi connectivity index (χ0v) is 11.8. The van der Waals surface area contributed by atoms with E-state index in [-0.39, 0.29) is 22.2 Å². The molecule has 1 saturated heterocycles. The number of nitrogens with zero attached hydrogens (tertiary/aromatic N) is 1. The highest BCUT2D eigenvalue weighted by Gasteiger charge is 2.32. The number of hydrogen-bond acceptors (Lipinski definition) is 2. The molecule has 2 atom stereocenters. The number of carbonyl (C=O) groups is 1. The van der Waals surface area contributed by atoms with Crippen molar-refractivity contribution in [2.24, 2.45) is 5.92 Å². The van der Waals surface area contributed by atoms with Crippen LogP contribution < -0.4 is 4.90 Å². The van der Waals surface area contributed by atoms with Crippen molar-refractivity contribution < 1.29 is 13.6 Å². The number of hydrogen-bond donors (Lipinski definition) is 0. The van der Waals surface area contributed by atoms with E-state index in [2.05, 4.69) is 15.9 Å². The predicted octanol–water partition coefficient (Wildman–Crippen LogP) is 3.53. The first-order valence-corrected chi connectivity index (χ1v) is 6.65. The molecule has 18 heavy (non-hydrogen) atoms. The molecule has 0 N–H and O–H groups in total. The van der Waals surface area contributed by atoms with E-state index in [4.69, 9.17) is 0 Å². The van der Waals surface area contributed by atoms with E-state index in [1.807, 2.05) is 18.7 Å². The molecule has 1 fully saturated rings. The molecule has 1 heterocycles. The van der Waals surface area contributed by atoms with Gasteiger partial charge in [-0.2, -0.15) is 0 Å². The number of carbonyl (C=O) groups excluding carboxylic acids is 1. The monoisotopic (exact) mass is 317 g/mol. The molecule has 0 radical (unpaired) electrons. The lowest BCUT2D eigenvalue weighted by Crippen LogP contribution is -2.47. The molecule has 0 saturated carbocycles. The van der Waals surface area contributed by atoms with Gasteiger partial charge in [0.15, 0.2) is 0 Å². The van der Waals surface area contributed by atoms with Gasteiger partial charge >= 0.3 is 0 Å². The van der Waals surface area contributed by atoms with E-state index < -0.39 is 11.6 Å². The Labute approximate surface area is 113 Å². The first kappa shape index (κ1) is 13.5. The van der Waals surface area contributed by atoms with Gasteiger partial charge in [0.2, 0.25) is 0 Å². The normalized spacial score (nSPS) is 24.5. The summed E-state index contributed by atoms with van der Waals surface area (Å²) in [4.78, 5) is 13.4. The van der Waals surface area contributed by atoms with Gasteiger partial charge in [-0.1, -0.05) is 6.92 Å². The molecule has 0 aliphatic carbocycles. The van der Waals surface area contributed by atoms with Crippen LogP contribution in [-0.2, 0) is 4.79 Å². The van der Waals surface area contributed by atoms with Crippen LogP contribution in [0.1, 0.15) is 20.3 Å². The molecule has 1 aromatic carbocycles. The van der Waals surface area contributed by atoms with Crippen molar-refractivity contribution in [3.8, 4) is 0 Å². The van der Waals surface area contributed by atoms with Gasteiger partial charge in [-0.15, -0.1) is 0 Å². The highest BCUT2D eigenvalue weighted by molar-refractivity contribution is 9.10. The van der Waals surface area contributed by atoms with Crippen molar-refractivity contribution in [1.82, 2.24) is 0 Å². The summed E-state index contributed by atoms with van der Waals surface area (Å²) in [5, 5.41) is 0. The van der Waals surface area contributed by atoms with Crippen LogP contribution in [0.25, 0.3) is 0 Å². The minimum atomic E-state index is -0.620. The molecule has 2 unspecified atom stereocenters. The Morgan fingerprint density at radius 3 is 2.61 bits per heavy atom. The van der Waals surface area contributed by atoms with Crippen LogP contribution in [0.3, 0.4) is 0 Å². The summed E-state index contributed by atoms with van der Waals surface area (Å²) in [6.07, 6.45) is 0.403. The van der Waals surface area contributed by atoms with Gasteiger partial charge in [0.05, 0.1) is 10.2 Å². The average Bonchev–Trinajstić information content (AvgIpc) is 2.32. The maximum atomic E-state index is 13.8. The highest BCUT2D eigenvalue weighted by Crippen LogP contribution is 2.32. The van der Waals surface area contributed by atoms with Crippen LogP contribution in [-0.4, -0.2) is 18.4 Å². The lowest BCUT2D eigenvalue weighted by atomic mass is 9.90. The first-order chi connectivity index (χ1) is 8.41.